The summed E-state index contributed by atoms with van der Waals surface area (Å²) in [6.45, 7) is 4.16. The van der Waals surface area contributed by atoms with Crippen molar-refractivity contribution in [3.63, 3.8) is 0 Å². The minimum atomic E-state index is 0.261. The fourth-order valence-electron chi connectivity index (χ4n) is 2.12. The van der Waals surface area contributed by atoms with Gasteiger partial charge in [-0.15, -0.1) is 0 Å². The molecule has 0 aromatic heterocycles. The summed E-state index contributed by atoms with van der Waals surface area (Å²) in [5.74, 6) is 0.941. The summed E-state index contributed by atoms with van der Waals surface area (Å²) in [6, 6.07) is 6.10. The van der Waals surface area contributed by atoms with Crippen LogP contribution in [-0.4, -0.2) is 19.3 Å². The highest BCUT2D eigenvalue weighted by Gasteiger charge is 2.14. The third-order valence-corrected chi connectivity index (χ3v) is 3.17. The van der Waals surface area contributed by atoms with Gasteiger partial charge in [0.2, 0.25) is 0 Å². The molecule has 1 atom stereocenters. The summed E-state index contributed by atoms with van der Waals surface area (Å²) < 4.78 is 11.4. The molecule has 1 unspecified atom stereocenters. The molecule has 2 N–H and O–H groups in total. The number of nitrogens with two attached hydrogens (primary N) is 1. The van der Waals surface area contributed by atoms with Gasteiger partial charge in [-0.3, -0.25) is 0 Å². The molecule has 1 saturated heterocycles. The molecule has 1 aliphatic heterocycles. The van der Waals surface area contributed by atoms with Crippen molar-refractivity contribution >= 4 is 0 Å². The monoisotopic (exact) mass is 235 g/mol. The molecule has 0 radical (unpaired) electrons. The largest absolute Gasteiger partial charge is 0.491 e. The van der Waals surface area contributed by atoms with E-state index in [0.717, 1.165) is 29.9 Å². The van der Waals surface area contributed by atoms with E-state index in [0.29, 0.717) is 13.2 Å². The number of hydrogen-bond donors (Lipinski definition) is 1. The quantitative estimate of drug-likeness (QED) is 0.871. The Morgan fingerprint density at radius 2 is 2.29 bits per heavy atom. The maximum Gasteiger partial charge on any atom is 0.122 e. The van der Waals surface area contributed by atoms with Gasteiger partial charge in [0.1, 0.15) is 12.4 Å². The molecule has 3 nitrogen and oxygen atoms in total. The highest BCUT2D eigenvalue weighted by molar-refractivity contribution is 5.36. The Labute approximate surface area is 103 Å². The Hall–Kier alpha value is -1.06. The molecular formula is C14H21NO2. The van der Waals surface area contributed by atoms with Gasteiger partial charge in [0.05, 0.1) is 6.10 Å². The van der Waals surface area contributed by atoms with Crippen molar-refractivity contribution in [2.75, 3.05) is 13.2 Å². The van der Waals surface area contributed by atoms with Crippen molar-refractivity contribution in [2.45, 2.75) is 38.8 Å². The molecule has 1 heterocycles. The van der Waals surface area contributed by atoms with Gasteiger partial charge in [0.15, 0.2) is 0 Å². The smallest absolute Gasteiger partial charge is 0.122 e. The van der Waals surface area contributed by atoms with E-state index in [4.69, 9.17) is 15.2 Å². The zero-order chi connectivity index (χ0) is 12.1. The zero-order valence-corrected chi connectivity index (χ0v) is 10.4. The number of rotatable bonds is 4. The lowest BCUT2D eigenvalue weighted by Gasteiger charge is -2.23. The van der Waals surface area contributed by atoms with E-state index in [-0.39, 0.29) is 6.10 Å². The number of benzene rings is 1. The molecular weight excluding hydrogens is 214 g/mol. The second-order valence-electron chi connectivity index (χ2n) is 4.60. The highest BCUT2D eigenvalue weighted by Crippen LogP contribution is 2.21. The van der Waals surface area contributed by atoms with Crippen LogP contribution in [0.3, 0.4) is 0 Å². The topological polar surface area (TPSA) is 44.5 Å². The van der Waals surface area contributed by atoms with E-state index in [9.17, 15) is 0 Å². The van der Waals surface area contributed by atoms with E-state index in [1.54, 1.807) is 0 Å². The van der Waals surface area contributed by atoms with Crippen LogP contribution >= 0.6 is 0 Å². The summed E-state index contributed by atoms with van der Waals surface area (Å²) in [6.07, 6.45) is 3.80. The van der Waals surface area contributed by atoms with Gasteiger partial charge in [-0.25, -0.2) is 0 Å². The molecule has 0 aliphatic carbocycles. The Kier molecular flexibility index (Phi) is 4.40. The van der Waals surface area contributed by atoms with Crippen LogP contribution < -0.4 is 10.5 Å². The SMILES string of the molecule is Cc1cc(CN)ccc1OCC1CCCCO1. The maximum absolute atomic E-state index is 5.81. The van der Waals surface area contributed by atoms with Crippen LogP contribution in [0, 0.1) is 6.92 Å². The first-order valence-corrected chi connectivity index (χ1v) is 6.33. The van der Waals surface area contributed by atoms with Crippen LogP contribution in [0.1, 0.15) is 30.4 Å². The lowest BCUT2D eigenvalue weighted by Crippen LogP contribution is -2.25. The van der Waals surface area contributed by atoms with E-state index < -0.39 is 0 Å². The molecule has 1 aliphatic rings. The Morgan fingerprint density at radius 3 is 2.94 bits per heavy atom. The molecule has 2 rings (SSSR count). The van der Waals surface area contributed by atoms with Crippen LogP contribution in [0.25, 0.3) is 0 Å². The normalized spacial score (nSPS) is 20.2. The van der Waals surface area contributed by atoms with Gasteiger partial charge >= 0.3 is 0 Å². The summed E-state index contributed by atoms with van der Waals surface area (Å²) >= 11 is 0. The summed E-state index contributed by atoms with van der Waals surface area (Å²) in [5.41, 5.74) is 7.88. The van der Waals surface area contributed by atoms with Gasteiger partial charge < -0.3 is 15.2 Å². The predicted molar refractivity (Wildman–Crippen MR) is 68.2 cm³/mol. The Balaban J connectivity index is 1.89. The van der Waals surface area contributed by atoms with E-state index in [1.165, 1.54) is 12.8 Å². The first-order valence-electron chi connectivity index (χ1n) is 6.33. The van der Waals surface area contributed by atoms with Gasteiger partial charge in [-0.1, -0.05) is 12.1 Å². The highest BCUT2D eigenvalue weighted by atomic mass is 16.5. The third kappa shape index (κ3) is 3.45. The van der Waals surface area contributed by atoms with Gasteiger partial charge in [0.25, 0.3) is 0 Å². The first-order chi connectivity index (χ1) is 8.29. The fraction of sp³-hybridized carbons (Fsp3) is 0.571. The third-order valence-electron chi connectivity index (χ3n) is 3.17. The van der Waals surface area contributed by atoms with Crippen LogP contribution in [0.5, 0.6) is 5.75 Å². The van der Waals surface area contributed by atoms with Gasteiger partial charge in [-0.05, 0) is 43.4 Å². The molecule has 1 fully saturated rings. The number of hydrogen-bond acceptors (Lipinski definition) is 3. The zero-order valence-electron chi connectivity index (χ0n) is 10.4. The van der Waals surface area contributed by atoms with Crippen molar-refractivity contribution < 1.29 is 9.47 Å². The van der Waals surface area contributed by atoms with Crippen LogP contribution in [0.15, 0.2) is 18.2 Å². The molecule has 94 valence electrons. The second kappa shape index (κ2) is 6.03. The van der Waals surface area contributed by atoms with Crippen LogP contribution in [-0.2, 0) is 11.3 Å². The minimum absolute atomic E-state index is 0.261. The average molecular weight is 235 g/mol. The molecule has 0 bridgehead atoms. The first kappa shape index (κ1) is 12.4. The van der Waals surface area contributed by atoms with Crippen LogP contribution in [0.4, 0.5) is 0 Å². The number of ether oxygens (including phenoxy) is 2. The molecule has 3 heteroatoms. The van der Waals surface area contributed by atoms with Crippen molar-refractivity contribution in [3.8, 4) is 5.75 Å². The van der Waals surface area contributed by atoms with Gasteiger partial charge in [-0.2, -0.15) is 0 Å². The standard InChI is InChI=1S/C14H21NO2/c1-11-8-12(9-15)5-6-14(11)17-10-13-4-2-3-7-16-13/h5-6,8,13H,2-4,7,9-10,15H2,1H3. The Morgan fingerprint density at radius 1 is 1.41 bits per heavy atom. The lowest BCUT2D eigenvalue weighted by atomic mass is 10.1. The fourth-order valence-corrected chi connectivity index (χ4v) is 2.12. The molecule has 1 aromatic rings. The van der Waals surface area contributed by atoms with Crippen molar-refractivity contribution in [3.05, 3.63) is 29.3 Å². The molecule has 0 saturated carbocycles. The maximum atomic E-state index is 5.81. The van der Waals surface area contributed by atoms with E-state index >= 15 is 0 Å². The van der Waals surface area contributed by atoms with E-state index in [1.807, 2.05) is 12.1 Å². The molecule has 0 spiro atoms. The lowest BCUT2D eigenvalue weighted by molar-refractivity contribution is -0.0111. The molecule has 1 aromatic carbocycles. The molecule has 0 amide bonds. The molecule has 17 heavy (non-hydrogen) atoms. The van der Waals surface area contributed by atoms with E-state index in [2.05, 4.69) is 13.0 Å². The van der Waals surface area contributed by atoms with Crippen molar-refractivity contribution in [2.24, 2.45) is 5.73 Å². The minimum Gasteiger partial charge on any atom is -0.491 e. The second-order valence-corrected chi connectivity index (χ2v) is 4.60. The number of aryl methyl sites for hydroxylation is 1. The van der Waals surface area contributed by atoms with Gasteiger partial charge in [0, 0.05) is 13.2 Å². The summed E-state index contributed by atoms with van der Waals surface area (Å²) in [7, 11) is 0. The predicted octanol–water partition coefficient (Wildman–Crippen LogP) is 2.40. The Bertz CT molecular complexity index is 359. The average Bonchev–Trinajstić information content (AvgIpc) is 2.38. The summed E-state index contributed by atoms with van der Waals surface area (Å²) in [5, 5.41) is 0. The van der Waals surface area contributed by atoms with Crippen molar-refractivity contribution in [1.82, 2.24) is 0 Å². The van der Waals surface area contributed by atoms with Crippen molar-refractivity contribution in [1.29, 1.82) is 0 Å². The summed E-state index contributed by atoms with van der Waals surface area (Å²) in [4.78, 5) is 0. The van der Waals surface area contributed by atoms with Crippen LogP contribution in [0.2, 0.25) is 0 Å².